The fourth-order valence-corrected chi connectivity index (χ4v) is 2.68. The number of hydrogen-bond acceptors (Lipinski definition) is 3. The Morgan fingerprint density at radius 1 is 1.35 bits per heavy atom. The molecule has 2 rings (SSSR count). The molecule has 1 fully saturated rings. The maximum absolute atomic E-state index is 11.9. The zero-order valence-electron chi connectivity index (χ0n) is 11.6. The van der Waals surface area contributed by atoms with E-state index in [9.17, 15) is 14.7 Å². The first-order chi connectivity index (χ1) is 9.54. The molecule has 108 valence electrons. The van der Waals surface area contributed by atoms with Gasteiger partial charge >= 0.3 is 0 Å². The lowest BCUT2D eigenvalue weighted by Crippen LogP contribution is -3.14. The van der Waals surface area contributed by atoms with Gasteiger partial charge in [-0.05, 0) is 30.5 Å². The number of likely N-dealkylation sites (tertiary alicyclic amines) is 1. The lowest BCUT2D eigenvalue weighted by molar-refractivity contribution is -0.900. The van der Waals surface area contributed by atoms with Crippen LogP contribution in [0.3, 0.4) is 0 Å². The number of aromatic carboxylic acids is 1. The highest BCUT2D eigenvalue weighted by Gasteiger charge is 2.21. The van der Waals surface area contributed by atoms with Crippen LogP contribution in [0, 0.1) is 5.92 Å². The van der Waals surface area contributed by atoms with Crippen LogP contribution in [0.4, 0.5) is 5.69 Å². The van der Waals surface area contributed by atoms with Crippen LogP contribution in [0.5, 0.6) is 0 Å². The van der Waals surface area contributed by atoms with Crippen molar-refractivity contribution in [2.75, 3.05) is 25.0 Å². The van der Waals surface area contributed by atoms with E-state index in [1.165, 1.54) is 29.9 Å². The van der Waals surface area contributed by atoms with E-state index >= 15 is 0 Å². The van der Waals surface area contributed by atoms with E-state index in [1.807, 2.05) is 0 Å². The van der Waals surface area contributed by atoms with Crippen molar-refractivity contribution in [2.24, 2.45) is 5.92 Å². The van der Waals surface area contributed by atoms with Gasteiger partial charge in [0, 0.05) is 11.6 Å². The summed E-state index contributed by atoms with van der Waals surface area (Å²) >= 11 is 0. The van der Waals surface area contributed by atoms with Crippen LogP contribution in [-0.4, -0.2) is 31.5 Å². The predicted molar refractivity (Wildman–Crippen MR) is 73.4 cm³/mol. The number of piperidine rings is 1. The van der Waals surface area contributed by atoms with Gasteiger partial charge in [0.05, 0.1) is 19.1 Å². The van der Waals surface area contributed by atoms with Gasteiger partial charge in [-0.2, -0.15) is 0 Å². The molecular formula is C15H20N2O3. The molecule has 5 nitrogen and oxygen atoms in total. The predicted octanol–water partition coefficient (Wildman–Crippen LogP) is -0.697. The van der Waals surface area contributed by atoms with Crippen molar-refractivity contribution >= 4 is 17.6 Å². The molecule has 1 aliphatic rings. The van der Waals surface area contributed by atoms with Gasteiger partial charge in [0.2, 0.25) is 0 Å². The smallest absolute Gasteiger partial charge is 0.279 e. The van der Waals surface area contributed by atoms with Crippen LogP contribution in [0.2, 0.25) is 0 Å². The molecule has 0 spiro atoms. The van der Waals surface area contributed by atoms with Crippen molar-refractivity contribution in [2.45, 2.75) is 19.8 Å². The highest BCUT2D eigenvalue weighted by atomic mass is 16.4. The first-order valence-corrected chi connectivity index (χ1v) is 6.99. The Bertz CT molecular complexity index is 484. The molecule has 1 aromatic carbocycles. The second-order valence-corrected chi connectivity index (χ2v) is 5.54. The molecule has 1 heterocycles. The van der Waals surface area contributed by atoms with Gasteiger partial charge in [0.25, 0.3) is 5.91 Å². The molecule has 0 saturated carbocycles. The van der Waals surface area contributed by atoms with E-state index < -0.39 is 5.97 Å². The summed E-state index contributed by atoms with van der Waals surface area (Å²) in [5, 5.41) is 13.4. The fraction of sp³-hybridized carbons (Fsp3) is 0.467. The molecule has 0 aliphatic carbocycles. The van der Waals surface area contributed by atoms with Gasteiger partial charge in [0.1, 0.15) is 0 Å². The quantitative estimate of drug-likeness (QED) is 0.764. The van der Waals surface area contributed by atoms with Gasteiger partial charge in [-0.15, -0.1) is 0 Å². The minimum absolute atomic E-state index is 0.0321. The maximum atomic E-state index is 11.9. The zero-order chi connectivity index (χ0) is 14.5. The van der Waals surface area contributed by atoms with E-state index in [0.29, 0.717) is 18.2 Å². The molecular weight excluding hydrogens is 256 g/mol. The number of nitrogens with one attached hydrogen (secondary N) is 2. The number of anilines is 1. The summed E-state index contributed by atoms with van der Waals surface area (Å²) in [6.07, 6.45) is 2.42. The van der Waals surface area contributed by atoms with Crippen LogP contribution in [0.1, 0.15) is 30.1 Å². The van der Waals surface area contributed by atoms with Crippen molar-refractivity contribution in [3.05, 3.63) is 29.8 Å². The Hall–Kier alpha value is -1.88. The highest BCUT2D eigenvalue weighted by Crippen LogP contribution is 2.09. The highest BCUT2D eigenvalue weighted by molar-refractivity contribution is 5.92. The summed E-state index contributed by atoms with van der Waals surface area (Å²) in [5.41, 5.74) is 0.725. The topological polar surface area (TPSA) is 73.7 Å². The van der Waals surface area contributed by atoms with Crippen molar-refractivity contribution in [3.63, 3.8) is 0 Å². The van der Waals surface area contributed by atoms with Crippen LogP contribution in [0.15, 0.2) is 24.3 Å². The normalized spacial score (nSPS) is 22.2. The molecule has 20 heavy (non-hydrogen) atoms. The van der Waals surface area contributed by atoms with Crippen molar-refractivity contribution in [1.29, 1.82) is 0 Å². The molecule has 2 N–H and O–H groups in total. The molecule has 5 heteroatoms. The molecule has 0 aromatic heterocycles. The minimum atomic E-state index is -1.21. The monoisotopic (exact) mass is 276 g/mol. The SMILES string of the molecule is C[C@H]1CCC[NH+](CC(=O)Nc2ccc(C(=O)[O-])cc2)C1. The number of carboxylic acid groups (broad SMARTS) is 1. The third-order valence-corrected chi connectivity index (χ3v) is 3.68. The second-order valence-electron chi connectivity index (χ2n) is 5.54. The number of carbonyl (C=O) groups excluding carboxylic acids is 2. The Kier molecular flexibility index (Phi) is 4.74. The molecule has 0 radical (unpaired) electrons. The minimum Gasteiger partial charge on any atom is -0.545 e. The molecule has 2 atom stereocenters. The van der Waals surface area contributed by atoms with Crippen LogP contribution in [-0.2, 0) is 4.79 Å². The standard InChI is InChI=1S/C15H20N2O3/c1-11-3-2-8-17(9-11)10-14(18)16-13-6-4-12(5-7-13)15(19)20/h4-7,11H,2-3,8-10H2,1H3,(H,16,18)(H,19,20)/t11-/m0/s1. The number of carboxylic acids is 1. The molecule has 1 unspecified atom stereocenters. The lowest BCUT2D eigenvalue weighted by atomic mass is 10.0. The van der Waals surface area contributed by atoms with Gasteiger partial charge in [-0.1, -0.05) is 19.1 Å². The summed E-state index contributed by atoms with van der Waals surface area (Å²) in [4.78, 5) is 23.9. The molecule has 0 bridgehead atoms. The lowest BCUT2D eigenvalue weighted by Gasteiger charge is -2.27. The number of benzene rings is 1. The second kappa shape index (κ2) is 6.52. The Balaban J connectivity index is 1.86. The zero-order valence-corrected chi connectivity index (χ0v) is 11.6. The first kappa shape index (κ1) is 14.5. The van der Waals surface area contributed by atoms with Gasteiger partial charge in [0.15, 0.2) is 6.54 Å². The molecule has 1 amide bonds. The average Bonchev–Trinajstić information content (AvgIpc) is 2.39. The van der Waals surface area contributed by atoms with Crippen LogP contribution < -0.4 is 15.3 Å². The van der Waals surface area contributed by atoms with Gasteiger partial charge in [-0.25, -0.2) is 0 Å². The molecule has 1 saturated heterocycles. The molecule has 1 aliphatic heterocycles. The molecule has 1 aromatic rings. The average molecular weight is 276 g/mol. The number of carbonyl (C=O) groups is 2. The summed E-state index contributed by atoms with van der Waals surface area (Å²) < 4.78 is 0. The van der Waals surface area contributed by atoms with Crippen molar-refractivity contribution in [1.82, 2.24) is 0 Å². The summed E-state index contributed by atoms with van der Waals surface area (Å²) in [5.74, 6) is -0.571. The Morgan fingerprint density at radius 2 is 2.05 bits per heavy atom. The number of hydrogen-bond donors (Lipinski definition) is 2. The maximum Gasteiger partial charge on any atom is 0.279 e. The van der Waals surface area contributed by atoms with Crippen molar-refractivity contribution in [3.8, 4) is 0 Å². The van der Waals surface area contributed by atoms with Gasteiger partial charge < -0.3 is 20.1 Å². The van der Waals surface area contributed by atoms with E-state index in [-0.39, 0.29) is 11.5 Å². The largest absolute Gasteiger partial charge is 0.545 e. The fourth-order valence-electron chi connectivity index (χ4n) is 2.68. The Morgan fingerprint density at radius 3 is 2.65 bits per heavy atom. The Labute approximate surface area is 118 Å². The van der Waals surface area contributed by atoms with Crippen LogP contribution in [0.25, 0.3) is 0 Å². The van der Waals surface area contributed by atoms with E-state index in [2.05, 4.69) is 12.2 Å². The number of amides is 1. The third kappa shape index (κ3) is 4.06. The van der Waals surface area contributed by atoms with E-state index in [4.69, 9.17) is 0 Å². The summed E-state index contributed by atoms with van der Waals surface area (Å²) in [6, 6.07) is 6.02. The number of quaternary nitrogens is 1. The summed E-state index contributed by atoms with van der Waals surface area (Å²) in [6.45, 7) is 4.76. The summed E-state index contributed by atoms with van der Waals surface area (Å²) in [7, 11) is 0. The van der Waals surface area contributed by atoms with Gasteiger partial charge in [-0.3, -0.25) is 4.79 Å². The van der Waals surface area contributed by atoms with E-state index in [0.717, 1.165) is 13.1 Å². The third-order valence-electron chi connectivity index (χ3n) is 3.68. The number of rotatable bonds is 4. The van der Waals surface area contributed by atoms with E-state index in [1.54, 1.807) is 12.1 Å². The van der Waals surface area contributed by atoms with Crippen molar-refractivity contribution < 1.29 is 19.6 Å². The first-order valence-electron chi connectivity index (χ1n) is 6.99. The van der Waals surface area contributed by atoms with Crippen LogP contribution >= 0.6 is 0 Å².